The zero-order valence-corrected chi connectivity index (χ0v) is 13.2. The molecule has 0 heterocycles. The van der Waals surface area contributed by atoms with Gasteiger partial charge in [-0.25, -0.2) is 0 Å². The lowest BCUT2D eigenvalue weighted by Gasteiger charge is -2.11. The maximum Gasteiger partial charge on any atom is 0.305 e. The van der Waals surface area contributed by atoms with Gasteiger partial charge in [0.15, 0.2) is 0 Å². The molecule has 0 aromatic heterocycles. The average Bonchev–Trinajstić information content (AvgIpc) is 2.52. The molecule has 0 aliphatic heterocycles. The Morgan fingerprint density at radius 3 is 2.48 bits per heavy atom. The van der Waals surface area contributed by atoms with Gasteiger partial charge in [-0.1, -0.05) is 69.4 Å². The summed E-state index contributed by atoms with van der Waals surface area (Å²) in [6.45, 7) is 2.76. The number of nitrogens with two attached hydrogens (primary N) is 1. The Bertz CT molecular complexity index is 378. The van der Waals surface area contributed by atoms with E-state index >= 15 is 0 Å². The van der Waals surface area contributed by atoms with Gasteiger partial charge in [0, 0.05) is 12.5 Å². The van der Waals surface area contributed by atoms with E-state index in [0.29, 0.717) is 19.4 Å². The molecule has 0 amide bonds. The Labute approximate surface area is 128 Å². The molecule has 1 aromatic rings. The van der Waals surface area contributed by atoms with Crippen LogP contribution in [0.3, 0.4) is 0 Å². The van der Waals surface area contributed by atoms with Gasteiger partial charge >= 0.3 is 5.97 Å². The molecular weight excluding hydrogens is 262 g/mol. The zero-order valence-electron chi connectivity index (χ0n) is 13.2. The van der Waals surface area contributed by atoms with E-state index in [0.717, 1.165) is 18.4 Å². The van der Waals surface area contributed by atoms with E-state index in [9.17, 15) is 4.79 Å². The van der Waals surface area contributed by atoms with Crippen LogP contribution >= 0.6 is 0 Å². The summed E-state index contributed by atoms with van der Waals surface area (Å²) in [6, 6.07) is 9.79. The highest BCUT2D eigenvalue weighted by atomic mass is 16.5. The number of carbonyl (C=O) groups excluding carboxylic acids is 1. The van der Waals surface area contributed by atoms with Crippen LogP contribution in [0.15, 0.2) is 30.3 Å². The van der Waals surface area contributed by atoms with E-state index < -0.39 is 0 Å². The number of rotatable bonds is 11. The molecule has 0 spiro atoms. The van der Waals surface area contributed by atoms with Gasteiger partial charge in [-0.15, -0.1) is 0 Å². The largest absolute Gasteiger partial charge is 0.466 e. The number of unbranched alkanes of at least 4 members (excludes halogenated alkanes) is 5. The molecule has 0 saturated carbocycles. The summed E-state index contributed by atoms with van der Waals surface area (Å²) in [4.78, 5) is 11.6. The Balaban J connectivity index is 2.03. The number of hydrogen-bond acceptors (Lipinski definition) is 3. The smallest absolute Gasteiger partial charge is 0.305 e. The minimum Gasteiger partial charge on any atom is -0.466 e. The highest BCUT2D eigenvalue weighted by Crippen LogP contribution is 2.15. The van der Waals surface area contributed by atoms with E-state index in [1.54, 1.807) is 0 Å². The average molecular weight is 291 g/mol. The van der Waals surface area contributed by atoms with Gasteiger partial charge in [-0.3, -0.25) is 4.79 Å². The number of esters is 1. The summed E-state index contributed by atoms with van der Waals surface area (Å²) in [6.07, 6.45) is 8.25. The van der Waals surface area contributed by atoms with Crippen molar-refractivity contribution in [3.63, 3.8) is 0 Å². The first-order chi connectivity index (χ1) is 10.2. The first kappa shape index (κ1) is 17.7. The number of hydrogen-bond donors (Lipinski definition) is 1. The molecule has 0 saturated heterocycles. The standard InChI is InChI=1S/C18H29NO2/c1-2-3-4-5-6-10-15-21-18(20)14-13-17(19)16-11-8-7-9-12-16/h7-9,11-12,17H,2-6,10,13-15,19H2,1H3/t17-/m0/s1. The minimum atomic E-state index is -0.130. The van der Waals surface area contributed by atoms with Crippen LogP contribution in [-0.2, 0) is 9.53 Å². The van der Waals surface area contributed by atoms with Crippen molar-refractivity contribution in [3.05, 3.63) is 35.9 Å². The van der Waals surface area contributed by atoms with Crippen LogP contribution < -0.4 is 5.73 Å². The van der Waals surface area contributed by atoms with E-state index in [4.69, 9.17) is 10.5 Å². The summed E-state index contributed by atoms with van der Waals surface area (Å²) >= 11 is 0. The number of ether oxygens (including phenoxy) is 1. The predicted molar refractivity (Wildman–Crippen MR) is 86.9 cm³/mol. The second kappa shape index (κ2) is 11.3. The third-order valence-corrected chi connectivity index (χ3v) is 3.65. The molecule has 0 aliphatic rings. The lowest BCUT2D eigenvalue weighted by molar-refractivity contribution is -0.144. The van der Waals surface area contributed by atoms with Crippen molar-refractivity contribution in [2.24, 2.45) is 5.73 Å². The molecule has 0 fully saturated rings. The molecule has 0 bridgehead atoms. The first-order valence-corrected chi connectivity index (χ1v) is 8.20. The monoisotopic (exact) mass is 291 g/mol. The number of carbonyl (C=O) groups is 1. The van der Waals surface area contributed by atoms with Crippen LogP contribution in [0.4, 0.5) is 0 Å². The molecule has 21 heavy (non-hydrogen) atoms. The lowest BCUT2D eigenvalue weighted by atomic mass is 10.0. The number of benzene rings is 1. The van der Waals surface area contributed by atoms with E-state index in [1.807, 2.05) is 30.3 Å². The van der Waals surface area contributed by atoms with Gasteiger partial charge in [0.25, 0.3) is 0 Å². The summed E-state index contributed by atoms with van der Waals surface area (Å²) in [5, 5.41) is 0. The molecule has 2 N–H and O–H groups in total. The van der Waals surface area contributed by atoms with Crippen molar-refractivity contribution in [1.29, 1.82) is 0 Å². The van der Waals surface area contributed by atoms with Gasteiger partial charge in [-0.2, -0.15) is 0 Å². The highest BCUT2D eigenvalue weighted by molar-refractivity contribution is 5.69. The van der Waals surface area contributed by atoms with Gasteiger partial charge in [0.2, 0.25) is 0 Å². The Hall–Kier alpha value is -1.35. The third kappa shape index (κ3) is 8.51. The molecule has 0 aliphatic carbocycles. The maximum absolute atomic E-state index is 11.6. The van der Waals surface area contributed by atoms with Crippen molar-refractivity contribution < 1.29 is 9.53 Å². The molecule has 1 rings (SSSR count). The normalized spacial score (nSPS) is 12.1. The van der Waals surface area contributed by atoms with Gasteiger partial charge in [0.05, 0.1) is 6.61 Å². The maximum atomic E-state index is 11.6. The van der Waals surface area contributed by atoms with Gasteiger partial charge < -0.3 is 10.5 Å². The van der Waals surface area contributed by atoms with E-state index in [1.165, 1.54) is 25.7 Å². The van der Waals surface area contributed by atoms with Crippen molar-refractivity contribution >= 4 is 5.97 Å². The zero-order chi connectivity index (χ0) is 15.3. The predicted octanol–water partition coefficient (Wildman–Crippen LogP) is 4.37. The lowest BCUT2D eigenvalue weighted by Crippen LogP contribution is -2.14. The molecule has 1 atom stereocenters. The summed E-state index contributed by atoms with van der Waals surface area (Å²) in [7, 11) is 0. The summed E-state index contributed by atoms with van der Waals surface area (Å²) in [5.41, 5.74) is 7.13. The van der Waals surface area contributed by atoms with Crippen molar-refractivity contribution in [2.75, 3.05) is 6.61 Å². The van der Waals surface area contributed by atoms with Crippen LogP contribution in [0, 0.1) is 0 Å². The molecule has 0 unspecified atom stereocenters. The van der Waals surface area contributed by atoms with Crippen LogP contribution in [-0.4, -0.2) is 12.6 Å². The summed E-state index contributed by atoms with van der Waals surface area (Å²) < 4.78 is 5.24. The quantitative estimate of drug-likeness (QED) is 0.486. The van der Waals surface area contributed by atoms with Crippen molar-refractivity contribution in [3.8, 4) is 0 Å². The van der Waals surface area contributed by atoms with Crippen LogP contribution in [0.25, 0.3) is 0 Å². The van der Waals surface area contributed by atoms with E-state index in [-0.39, 0.29) is 12.0 Å². The highest BCUT2D eigenvalue weighted by Gasteiger charge is 2.09. The van der Waals surface area contributed by atoms with Crippen LogP contribution in [0.5, 0.6) is 0 Å². The Morgan fingerprint density at radius 2 is 1.76 bits per heavy atom. The fourth-order valence-electron chi connectivity index (χ4n) is 2.28. The van der Waals surface area contributed by atoms with Crippen LogP contribution in [0.2, 0.25) is 0 Å². The molecule has 3 nitrogen and oxygen atoms in total. The van der Waals surface area contributed by atoms with Crippen LogP contribution in [0.1, 0.15) is 69.9 Å². The van der Waals surface area contributed by atoms with Crippen molar-refractivity contribution in [1.82, 2.24) is 0 Å². The van der Waals surface area contributed by atoms with Gasteiger partial charge in [-0.05, 0) is 18.4 Å². The molecule has 118 valence electrons. The fraction of sp³-hybridized carbons (Fsp3) is 0.611. The Kier molecular flexibility index (Phi) is 9.55. The molecule has 3 heteroatoms. The Morgan fingerprint density at radius 1 is 1.10 bits per heavy atom. The topological polar surface area (TPSA) is 52.3 Å². The first-order valence-electron chi connectivity index (χ1n) is 8.20. The summed E-state index contributed by atoms with van der Waals surface area (Å²) in [5.74, 6) is -0.130. The second-order valence-electron chi connectivity index (χ2n) is 5.54. The second-order valence-corrected chi connectivity index (χ2v) is 5.54. The molecular formula is C18H29NO2. The third-order valence-electron chi connectivity index (χ3n) is 3.65. The fourth-order valence-corrected chi connectivity index (χ4v) is 2.28. The van der Waals surface area contributed by atoms with E-state index in [2.05, 4.69) is 6.92 Å². The van der Waals surface area contributed by atoms with Crippen molar-refractivity contribution in [2.45, 2.75) is 64.3 Å². The minimum absolute atomic E-state index is 0.0900. The molecule has 0 radical (unpaired) electrons. The van der Waals surface area contributed by atoms with Gasteiger partial charge in [0.1, 0.15) is 0 Å². The SMILES string of the molecule is CCCCCCCCOC(=O)CC[C@H](N)c1ccccc1. The molecule has 1 aromatic carbocycles.